The number of pyridine rings is 1. The summed E-state index contributed by atoms with van der Waals surface area (Å²) in [5.41, 5.74) is 4.63. The van der Waals surface area contributed by atoms with Gasteiger partial charge in [0, 0.05) is 54.9 Å². The molecule has 150 valence electrons. The van der Waals surface area contributed by atoms with Gasteiger partial charge in [-0.25, -0.2) is 9.97 Å². The SMILES string of the molecule is C/C=C/Cn1cc(-c2cnc(C(=O)N3CCOCC3)nc2)c2c(c1=O)CC(C)=C2. The van der Waals surface area contributed by atoms with Crippen LogP contribution in [-0.2, 0) is 17.7 Å². The Kier molecular flexibility index (Phi) is 5.40. The lowest BCUT2D eigenvalue weighted by molar-refractivity contribution is 0.0295. The summed E-state index contributed by atoms with van der Waals surface area (Å²) in [6.45, 7) is 6.66. The van der Waals surface area contributed by atoms with Gasteiger partial charge in [-0.1, -0.05) is 23.8 Å². The minimum Gasteiger partial charge on any atom is -0.378 e. The van der Waals surface area contributed by atoms with Crippen molar-refractivity contribution in [1.29, 1.82) is 0 Å². The van der Waals surface area contributed by atoms with Crippen LogP contribution in [0.1, 0.15) is 35.6 Å². The van der Waals surface area contributed by atoms with Gasteiger partial charge in [0.2, 0.25) is 5.82 Å². The third-order valence-corrected chi connectivity index (χ3v) is 5.26. The molecule has 2 aliphatic rings. The van der Waals surface area contributed by atoms with Crippen molar-refractivity contribution in [3.05, 3.63) is 63.6 Å². The molecule has 0 radical (unpaired) electrons. The molecule has 7 heteroatoms. The normalized spacial score (nSPS) is 16.2. The second-order valence-electron chi connectivity index (χ2n) is 7.33. The Labute approximate surface area is 169 Å². The summed E-state index contributed by atoms with van der Waals surface area (Å²) in [5, 5.41) is 0. The van der Waals surface area contributed by atoms with Gasteiger partial charge < -0.3 is 14.2 Å². The maximum Gasteiger partial charge on any atom is 0.291 e. The number of allylic oxidation sites excluding steroid dienone is 3. The molecule has 2 aromatic heterocycles. The summed E-state index contributed by atoms with van der Waals surface area (Å²) in [7, 11) is 0. The van der Waals surface area contributed by atoms with Crippen LogP contribution >= 0.6 is 0 Å². The van der Waals surface area contributed by atoms with E-state index in [-0.39, 0.29) is 17.3 Å². The molecule has 2 aromatic rings. The number of ether oxygens (including phenoxy) is 1. The first-order chi connectivity index (χ1) is 14.1. The van der Waals surface area contributed by atoms with Crippen LogP contribution in [0.4, 0.5) is 0 Å². The van der Waals surface area contributed by atoms with E-state index >= 15 is 0 Å². The van der Waals surface area contributed by atoms with Crippen molar-refractivity contribution in [3.8, 4) is 11.1 Å². The average Bonchev–Trinajstić information content (AvgIpc) is 3.15. The monoisotopic (exact) mass is 392 g/mol. The van der Waals surface area contributed by atoms with E-state index in [1.54, 1.807) is 21.9 Å². The van der Waals surface area contributed by atoms with E-state index in [4.69, 9.17) is 4.74 Å². The maximum absolute atomic E-state index is 12.8. The zero-order chi connectivity index (χ0) is 20.4. The quantitative estimate of drug-likeness (QED) is 0.747. The molecule has 0 unspecified atom stereocenters. The lowest BCUT2D eigenvalue weighted by Gasteiger charge is -2.26. The second kappa shape index (κ2) is 8.13. The Morgan fingerprint density at radius 2 is 1.97 bits per heavy atom. The highest BCUT2D eigenvalue weighted by molar-refractivity contribution is 5.91. The number of hydrogen-bond donors (Lipinski definition) is 0. The summed E-state index contributed by atoms with van der Waals surface area (Å²) in [6.07, 6.45) is 11.8. The number of amides is 1. The first-order valence-electron chi connectivity index (χ1n) is 9.82. The van der Waals surface area contributed by atoms with Crippen molar-refractivity contribution in [3.63, 3.8) is 0 Å². The summed E-state index contributed by atoms with van der Waals surface area (Å²) in [6, 6.07) is 0. The molecule has 0 bridgehead atoms. The summed E-state index contributed by atoms with van der Waals surface area (Å²) in [4.78, 5) is 35.8. The fraction of sp³-hybridized carbons (Fsp3) is 0.364. The molecule has 1 saturated heterocycles. The molecule has 0 N–H and O–H groups in total. The average molecular weight is 392 g/mol. The van der Waals surface area contributed by atoms with Gasteiger partial charge in [-0.3, -0.25) is 9.59 Å². The van der Waals surface area contributed by atoms with E-state index in [1.807, 2.05) is 32.2 Å². The molecule has 29 heavy (non-hydrogen) atoms. The molecule has 3 heterocycles. The van der Waals surface area contributed by atoms with Crippen LogP contribution in [0.3, 0.4) is 0 Å². The van der Waals surface area contributed by atoms with Crippen LogP contribution in [0.5, 0.6) is 0 Å². The highest BCUT2D eigenvalue weighted by Crippen LogP contribution is 2.31. The van der Waals surface area contributed by atoms with Crippen LogP contribution in [0, 0.1) is 0 Å². The van der Waals surface area contributed by atoms with Crippen LogP contribution in [0.15, 0.2) is 41.1 Å². The number of fused-ring (bicyclic) bond motifs is 1. The van der Waals surface area contributed by atoms with Gasteiger partial charge in [0.05, 0.1) is 13.2 Å². The molecule has 1 amide bonds. The fourth-order valence-electron chi connectivity index (χ4n) is 3.72. The Hall–Kier alpha value is -3.06. The number of hydrogen-bond acceptors (Lipinski definition) is 5. The van der Waals surface area contributed by atoms with E-state index < -0.39 is 0 Å². The zero-order valence-electron chi connectivity index (χ0n) is 16.7. The Morgan fingerprint density at radius 3 is 2.66 bits per heavy atom. The fourth-order valence-corrected chi connectivity index (χ4v) is 3.72. The molecule has 7 nitrogen and oxygen atoms in total. The Morgan fingerprint density at radius 1 is 1.24 bits per heavy atom. The largest absolute Gasteiger partial charge is 0.378 e. The number of carbonyl (C=O) groups excluding carboxylic acids is 1. The lowest BCUT2D eigenvalue weighted by Crippen LogP contribution is -2.41. The van der Waals surface area contributed by atoms with Crippen molar-refractivity contribution in [2.45, 2.75) is 26.8 Å². The predicted molar refractivity (Wildman–Crippen MR) is 111 cm³/mol. The number of carbonyl (C=O) groups is 1. The molecule has 0 atom stereocenters. The Bertz CT molecular complexity index is 1040. The zero-order valence-corrected chi connectivity index (χ0v) is 16.7. The van der Waals surface area contributed by atoms with Gasteiger partial charge in [-0.05, 0) is 25.8 Å². The van der Waals surface area contributed by atoms with Crippen molar-refractivity contribution in [1.82, 2.24) is 19.4 Å². The van der Waals surface area contributed by atoms with Crippen LogP contribution < -0.4 is 5.56 Å². The van der Waals surface area contributed by atoms with Crippen molar-refractivity contribution < 1.29 is 9.53 Å². The van der Waals surface area contributed by atoms with Gasteiger partial charge >= 0.3 is 0 Å². The molecular formula is C22H24N4O3. The van der Waals surface area contributed by atoms with Crippen LogP contribution in [0.25, 0.3) is 17.2 Å². The molecule has 1 fully saturated rings. The molecule has 0 aromatic carbocycles. The van der Waals surface area contributed by atoms with Crippen molar-refractivity contribution >= 4 is 12.0 Å². The summed E-state index contributed by atoms with van der Waals surface area (Å²) < 4.78 is 7.01. The second-order valence-corrected chi connectivity index (χ2v) is 7.33. The van der Waals surface area contributed by atoms with Crippen molar-refractivity contribution in [2.24, 2.45) is 0 Å². The van der Waals surface area contributed by atoms with E-state index in [2.05, 4.69) is 16.0 Å². The number of morpholine rings is 1. The van der Waals surface area contributed by atoms with Gasteiger partial charge in [0.1, 0.15) is 0 Å². The maximum atomic E-state index is 12.8. The summed E-state index contributed by atoms with van der Waals surface area (Å²) >= 11 is 0. The van der Waals surface area contributed by atoms with Crippen LogP contribution in [-0.4, -0.2) is 51.6 Å². The number of aromatic nitrogens is 3. The van der Waals surface area contributed by atoms with Gasteiger partial charge in [-0.15, -0.1) is 0 Å². The van der Waals surface area contributed by atoms with E-state index in [9.17, 15) is 9.59 Å². The smallest absolute Gasteiger partial charge is 0.291 e. The third-order valence-electron chi connectivity index (χ3n) is 5.26. The standard InChI is InChI=1S/C22H24N4O3/c1-3-4-5-26-14-19(17-10-15(2)11-18(17)21(26)27)16-12-23-20(24-13-16)22(28)25-6-8-29-9-7-25/h3-4,10,12-14H,5-9,11H2,1-2H3/b4-3+. The van der Waals surface area contributed by atoms with E-state index in [0.29, 0.717) is 39.3 Å². The topological polar surface area (TPSA) is 77.3 Å². The minimum absolute atomic E-state index is 0.0370. The first-order valence-corrected chi connectivity index (χ1v) is 9.82. The molecule has 1 aliphatic carbocycles. The van der Waals surface area contributed by atoms with E-state index in [1.165, 1.54) is 0 Å². The van der Waals surface area contributed by atoms with Crippen molar-refractivity contribution in [2.75, 3.05) is 26.3 Å². The minimum atomic E-state index is -0.182. The summed E-state index contributed by atoms with van der Waals surface area (Å²) in [5.74, 6) is 0.000119. The predicted octanol–water partition coefficient (Wildman–Crippen LogP) is 2.31. The highest BCUT2D eigenvalue weighted by atomic mass is 16.5. The molecule has 0 saturated carbocycles. The number of nitrogens with zero attached hydrogens (tertiary/aromatic N) is 4. The molecule has 0 spiro atoms. The Balaban J connectivity index is 1.70. The van der Waals surface area contributed by atoms with Gasteiger partial charge in [0.15, 0.2) is 0 Å². The lowest BCUT2D eigenvalue weighted by atomic mass is 10.0. The van der Waals surface area contributed by atoms with Gasteiger partial charge in [0.25, 0.3) is 11.5 Å². The molecule has 4 rings (SSSR count). The third kappa shape index (κ3) is 3.78. The van der Waals surface area contributed by atoms with Crippen LogP contribution in [0.2, 0.25) is 0 Å². The number of rotatable bonds is 4. The molecular weight excluding hydrogens is 368 g/mol. The molecule has 1 aliphatic heterocycles. The first kappa shape index (κ1) is 19.3. The van der Waals surface area contributed by atoms with Gasteiger partial charge in [-0.2, -0.15) is 0 Å². The highest BCUT2D eigenvalue weighted by Gasteiger charge is 2.23. The van der Waals surface area contributed by atoms with E-state index in [0.717, 1.165) is 27.8 Å².